The topological polar surface area (TPSA) is 68.2 Å². The fraction of sp³-hybridized carbons (Fsp3) is 0.474. The van der Waals surface area contributed by atoms with Crippen molar-refractivity contribution in [3.05, 3.63) is 54.4 Å². The van der Waals surface area contributed by atoms with Crippen molar-refractivity contribution in [3.63, 3.8) is 0 Å². The second kappa shape index (κ2) is 6.88. The predicted octanol–water partition coefficient (Wildman–Crippen LogP) is 2.33. The minimum Gasteiger partial charge on any atom is -0.376 e. The number of pyridine rings is 1. The van der Waals surface area contributed by atoms with Crippen LogP contribution in [0.5, 0.6) is 0 Å². The lowest BCUT2D eigenvalue weighted by Crippen LogP contribution is -2.35. The van der Waals surface area contributed by atoms with Gasteiger partial charge in [-0.15, -0.1) is 0 Å². The molecule has 1 aliphatic heterocycles. The SMILES string of the molecule is O=C(c1ccncn1)N1C[C@@H]2CCC[C@]2(COCc2ccncc2)C1. The monoisotopic (exact) mass is 338 g/mol. The second-order valence-corrected chi connectivity index (χ2v) is 7.08. The number of likely N-dealkylation sites (tertiary alicyclic amines) is 1. The number of hydrogen-bond donors (Lipinski definition) is 0. The molecule has 2 atom stereocenters. The van der Waals surface area contributed by atoms with Crippen molar-refractivity contribution in [1.29, 1.82) is 0 Å². The van der Waals surface area contributed by atoms with E-state index in [2.05, 4.69) is 15.0 Å². The van der Waals surface area contributed by atoms with E-state index in [4.69, 9.17) is 4.74 Å². The number of amides is 1. The summed E-state index contributed by atoms with van der Waals surface area (Å²) in [5.74, 6) is 0.529. The molecule has 4 rings (SSSR count). The number of carbonyl (C=O) groups excluding carboxylic acids is 1. The van der Waals surface area contributed by atoms with Crippen LogP contribution in [0.1, 0.15) is 35.3 Å². The smallest absolute Gasteiger partial charge is 0.272 e. The highest BCUT2D eigenvalue weighted by atomic mass is 16.5. The standard InChI is InChI=1S/C19H22N4O2/c24-18(17-5-9-21-14-22-17)23-10-16-2-1-6-19(16,12-23)13-25-11-15-3-7-20-8-4-15/h3-5,7-9,14,16H,1-2,6,10-13H2/t16-,19+/m0/s1. The molecule has 6 heteroatoms. The van der Waals surface area contributed by atoms with Gasteiger partial charge >= 0.3 is 0 Å². The normalized spacial score (nSPS) is 25.1. The Bertz CT molecular complexity index is 725. The maximum absolute atomic E-state index is 12.7. The molecule has 0 N–H and O–H groups in total. The number of rotatable bonds is 5. The molecule has 1 saturated heterocycles. The summed E-state index contributed by atoms with van der Waals surface area (Å²) >= 11 is 0. The van der Waals surface area contributed by atoms with Gasteiger partial charge in [0.25, 0.3) is 5.91 Å². The molecule has 0 bridgehead atoms. The van der Waals surface area contributed by atoms with Crippen LogP contribution < -0.4 is 0 Å². The van der Waals surface area contributed by atoms with Crippen molar-refractivity contribution in [2.75, 3.05) is 19.7 Å². The zero-order valence-electron chi connectivity index (χ0n) is 14.2. The second-order valence-electron chi connectivity index (χ2n) is 7.08. The maximum Gasteiger partial charge on any atom is 0.272 e. The first-order chi connectivity index (χ1) is 12.3. The van der Waals surface area contributed by atoms with Gasteiger partial charge < -0.3 is 9.64 Å². The summed E-state index contributed by atoms with van der Waals surface area (Å²) < 4.78 is 6.05. The van der Waals surface area contributed by atoms with Crippen LogP contribution in [0.2, 0.25) is 0 Å². The Morgan fingerprint density at radius 2 is 2.08 bits per heavy atom. The third-order valence-corrected chi connectivity index (χ3v) is 5.54. The van der Waals surface area contributed by atoms with Crippen LogP contribution in [0.3, 0.4) is 0 Å². The van der Waals surface area contributed by atoms with E-state index in [1.807, 2.05) is 17.0 Å². The van der Waals surface area contributed by atoms with Crippen molar-refractivity contribution < 1.29 is 9.53 Å². The lowest BCUT2D eigenvalue weighted by Gasteiger charge is -2.28. The number of aromatic nitrogens is 3. The summed E-state index contributed by atoms with van der Waals surface area (Å²) in [6, 6.07) is 5.63. The highest BCUT2D eigenvalue weighted by Crippen LogP contribution is 2.49. The van der Waals surface area contributed by atoms with E-state index in [-0.39, 0.29) is 11.3 Å². The van der Waals surface area contributed by atoms with Gasteiger partial charge in [-0.3, -0.25) is 9.78 Å². The number of carbonyl (C=O) groups is 1. The average molecular weight is 338 g/mol. The first-order valence-corrected chi connectivity index (χ1v) is 8.79. The van der Waals surface area contributed by atoms with Gasteiger partial charge in [0.15, 0.2) is 0 Å². The Balaban J connectivity index is 1.41. The van der Waals surface area contributed by atoms with Crippen LogP contribution in [0, 0.1) is 11.3 Å². The quantitative estimate of drug-likeness (QED) is 0.837. The molecule has 0 spiro atoms. The number of ether oxygens (including phenoxy) is 1. The Morgan fingerprint density at radius 1 is 1.24 bits per heavy atom. The Kier molecular flexibility index (Phi) is 4.44. The van der Waals surface area contributed by atoms with Gasteiger partial charge in [-0.25, -0.2) is 9.97 Å². The molecule has 2 fully saturated rings. The van der Waals surface area contributed by atoms with E-state index in [0.29, 0.717) is 24.8 Å². The maximum atomic E-state index is 12.7. The van der Waals surface area contributed by atoms with Gasteiger partial charge in [-0.05, 0) is 42.5 Å². The van der Waals surface area contributed by atoms with E-state index in [9.17, 15) is 4.79 Å². The lowest BCUT2D eigenvalue weighted by atomic mass is 9.81. The molecule has 2 aromatic heterocycles. The fourth-order valence-electron chi connectivity index (χ4n) is 4.24. The van der Waals surface area contributed by atoms with Crippen LogP contribution in [0.25, 0.3) is 0 Å². The Morgan fingerprint density at radius 3 is 2.88 bits per heavy atom. The molecule has 2 aliphatic rings. The molecule has 6 nitrogen and oxygen atoms in total. The van der Waals surface area contributed by atoms with Crippen LogP contribution in [0.15, 0.2) is 43.1 Å². The molecule has 0 aromatic carbocycles. The van der Waals surface area contributed by atoms with Crippen LogP contribution in [-0.2, 0) is 11.3 Å². The highest BCUT2D eigenvalue weighted by Gasteiger charge is 2.50. The Hall–Kier alpha value is -2.34. The highest BCUT2D eigenvalue weighted by molar-refractivity contribution is 5.92. The van der Waals surface area contributed by atoms with Crippen LogP contribution in [-0.4, -0.2) is 45.5 Å². The molecular weight excluding hydrogens is 316 g/mol. The minimum absolute atomic E-state index is 0.00492. The van der Waals surface area contributed by atoms with Crippen molar-refractivity contribution in [1.82, 2.24) is 19.9 Å². The number of fused-ring (bicyclic) bond motifs is 1. The summed E-state index contributed by atoms with van der Waals surface area (Å²) in [6.07, 6.45) is 10.1. The lowest BCUT2D eigenvalue weighted by molar-refractivity contribution is 0.0265. The summed E-state index contributed by atoms with van der Waals surface area (Å²) in [7, 11) is 0. The first-order valence-electron chi connectivity index (χ1n) is 8.79. The predicted molar refractivity (Wildman–Crippen MR) is 91.6 cm³/mol. The van der Waals surface area contributed by atoms with E-state index in [1.165, 1.54) is 19.2 Å². The van der Waals surface area contributed by atoms with Crippen molar-refractivity contribution in [2.24, 2.45) is 11.3 Å². The molecule has 25 heavy (non-hydrogen) atoms. The van der Waals surface area contributed by atoms with E-state index in [1.54, 1.807) is 24.7 Å². The average Bonchev–Trinajstić information content (AvgIpc) is 3.20. The van der Waals surface area contributed by atoms with E-state index >= 15 is 0 Å². The van der Waals surface area contributed by atoms with Crippen molar-refractivity contribution >= 4 is 5.91 Å². The molecule has 0 unspecified atom stereocenters. The van der Waals surface area contributed by atoms with Gasteiger partial charge in [0, 0.05) is 37.1 Å². The van der Waals surface area contributed by atoms with Gasteiger partial charge in [0.05, 0.1) is 13.2 Å². The molecule has 0 radical (unpaired) electrons. The zero-order chi connectivity index (χ0) is 17.1. The van der Waals surface area contributed by atoms with Gasteiger partial charge in [-0.2, -0.15) is 0 Å². The summed E-state index contributed by atoms with van der Waals surface area (Å²) in [6.45, 7) is 2.86. The molecular formula is C19H22N4O2. The molecule has 1 aliphatic carbocycles. The van der Waals surface area contributed by atoms with Gasteiger partial charge in [0.2, 0.25) is 0 Å². The number of nitrogens with zero attached hydrogens (tertiary/aromatic N) is 4. The first kappa shape index (κ1) is 16.1. The van der Waals surface area contributed by atoms with E-state index < -0.39 is 0 Å². The molecule has 3 heterocycles. The molecule has 2 aromatic rings. The third-order valence-electron chi connectivity index (χ3n) is 5.54. The third kappa shape index (κ3) is 3.26. The zero-order valence-corrected chi connectivity index (χ0v) is 14.2. The minimum atomic E-state index is 0.00492. The van der Waals surface area contributed by atoms with Crippen LogP contribution in [0.4, 0.5) is 0 Å². The van der Waals surface area contributed by atoms with Crippen LogP contribution >= 0.6 is 0 Å². The van der Waals surface area contributed by atoms with Crippen molar-refractivity contribution in [3.8, 4) is 0 Å². The Labute approximate surface area is 147 Å². The molecule has 130 valence electrons. The molecule has 1 amide bonds. The largest absolute Gasteiger partial charge is 0.376 e. The number of hydrogen-bond acceptors (Lipinski definition) is 5. The fourth-order valence-corrected chi connectivity index (χ4v) is 4.24. The molecule has 1 saturated carbocycles. The van der Waals surface area contributed by atoms with Gasteiger partial charge in [0.1, 0.15) is 12.0 Å². The summed E-state index contributed by atoms with van der Waals surface area (Å²) in [4.78, 5) is 26.7. The summed E-state index contributed by atoms with van der Waals surface area (Å²) in [5, 5.41) is 0. The van der Waals surface area contributed by atoms with Crippen molar-refractivity contribution in [2.45, 2.75) is 25.9 Å². The van der Waals surface area contributed by atoms with Gasteiger partial charge in [-0.1, -0.05) is 6.42 Å². The summed E-state index contributed by atoms with van der Waals surface area (Å²) in [5.41, 5.74) is 1.70. The van der Waals surface area contributed by atoms with E-state index in [0.717, 1.165) is 25.1 Å².